The van der Waals surface area contributed by atoms with Crippen LogP contribution in [0.3, 0.4) is 0 Å². The van der Waals surface area contributed by atoms with Crippen molar-refractivity contribution in [2.45, 2.75) is 17.5 Å². The van der Waals surface area contributed by atoms with Gasteiger partial charge in [-0.1, -0.05) is 0 Å². The van der Waals surface area contributed by atoms with Gasteiger partial charge in [0, 0.05) is 26.3 Å². The number of rotatable bonds is 3. The third-order valence-corrected chi connectivity index (χ3v) is 5.30. The molecule has 1 aromatic rings. The number of aryl methyl sites for hydroxylation is 1. The predicted molar refractivity (Wildman–Crippen MR) is 62.7 cm³/mol. The van der Waals surface area contributed by atoms with E-state index in [1.54, 1.807) is 0 Å². The van der Waals surface area contributed by atoms with E-state index in [1.165, 1.54) is 11.7 Å². The number of carboxylic acid groups (broad SMARTS) is 1. The van der Waals surface area contributed by atoms with Gasteiger partial charge >= 0.3 is 12.1 Å². The first-order valence-electron chi connectivity index (χ1n) is 5.80. The molecule has 21 heavy (non-hydrogen) atoms. The third kappa shape index (κ3) is 2.39. The SMILES string of the molecule is Cn1cc(S(=O)(=O)N2CCC(C(=O)O)(C(F)(F)F)C2)cn1. The number of hydrogen-bond acceptors (Lipinski definition) is 4. The predicted octanol–water partition coefficient (Wildman–Crippen LogP) is 0.448. The summed E-state index contributed by atoms with van der Waals surface area (Å²) in [6, 6.07) is 0. The summed E-state index contributed by atoms with van der Waals surface area (Å²) in [5, 5.41) is 12.5. The van der Waals surface area contributed by atoms with Crippen molar-refractivity contribution in [2.24, 2.45) is 12.5 Å². The summed E-state index contributed by atoms with van der Waals surface area (Å²) >= 11 is 0. The lowest BCUT2D eigenvalue weighted by atomic mass is 9.86. The maximum atomic E-state index is 13.0. The molecule has 1 saturated heterocycles. The third-order valence-electron chi connectivity index (χ3n) is 3.51. The summed E-state index contributed by atoms with van der Waals surface area (Å²) < 4.78 is 65.2. The molecule has 0 saturated carbocycles. The van der Waals surface area contributed by atoms with Crippen LogP contribution in [0.5, 0.6) is 0 Å². The van der Waals surface area contributed by atoms with Crippen molar-refractivity contribution in [2.75, 3.05) is 13.1 Å². The van der Waals surface area contributed by atoms with Crippen LogP contribution < -0.4 is 0 Å². The number of nitrogens with zero attached hydrogens (tertiary/aromatic N) is 3. The average molecular weight is 327 g/mol. The van der Waals surface area contributed by atoms with Crippen LogP contribution in [0.25, 0.3) is 0 Å². The Hall–Kier alpha value is -1.62. The quantitative estimate of drug-likeness (QED) is 0.870. The molecule has 2 rings (SSSR count). The van der Waals surface area contributed by atoms with Gasteiger partial charge in [0.25, 0.3) is 0 Å². The number of carboxylic acids is 1. The van der Waals surface area contributed by atoms with E-state index in [0.29, 0.717) is 4.31 Å². The first kappa shape index (κ1) is 15.8. The number of alkyl halides is 3. The Bertz CT molecular complexity index is 669. The van der Waals surface area contributed by atoms with Crippen LogP contribution in [0, 0.1) is 5.41 Å². The molecule has 0 aliphatic carbocycles. The number of aliphatic carboxylic acids is 1. The van der Waals surface area contributed by atoms with Gasteiger partial charge in [-0.05, 0) is 6.42 Å². The summed E-state index contributed by atoms with van der Waals surface area (Å²) in [7, 11) is -2.74. The Labute approximate surface area is 118 Å². The lowest BCUT2D eigenvalue weighted by Gasteiger charge is -2.26. The highest BCUT2D eigenvalue weighted by molar-refractivity contribution is 7.89. The minimum absolute atomic E-state index is 0.270. The first-order valence-corrected chi connectivity index (χ1v) is 7.24. The molecule has 7 nitrogen and oxygen atoms in total. The normalized spacial score (nSPS) is 24.4. The number of carbonyl (C=O) groups is 1. The van der Waals surface area contributed by atoms with Crippen LogP contribution in [0.2, 0.25) is 0 Å². The molecule has 1 N–H and O–H groups in total. The molecule has 1 atom stereocenters. The van der Waals surface area contributed by atoms with Crippen molar-refractivity contribution in [3.05, 3.63) is 12.4 Å². The van der Waals surface area contributed by atoms with Gasteiger partial charge in [0.15, 0.2) is 5.41 Å². The fourth-order valence-corrected chi connectivity index (χ4v) is 3.67. The van der Waals surface area contributed by atoms with Crippen molar-refractivity contribution in [3.63, 3.8) is 0 Å². The van der Waals surface area contributed by atoms with Gasteiger partial charge in [-0.25, -0.2) is 8.42 Å². The van der Waals surface area contributed by atoms with Crippen LogP contribution in [0.4, 0.5) is 13.2 Å². The zero-order valence-corrected chi connectivity index (χ0v) is 11.6. The monoisotopic (exact) mass is 327 g/mol. The number of sulfonamides is 1. The Kier molecular flexibility index (Phi) is 3.53. The summed E-state index contributed by atoms with van der Waals surface area (Å²) in [4.78, 5) is 10.8. The van der Waals surface area contributed by atoms with Crippen molar-refractivity contribution in [3.8, 4) is 0 Å². The highest BCUT2D eigenvalue weighted by Crippen LogP contribution is 2.46. The van der Waals surface area contributed by atoms with Crippen LogP contribution in [0.15, 0.2) is 17.3 Å². The van der Waals surface area contributed by atoms with Crippen molar-refractivity contribution >= 4 is 16.0 Å². The maximum Gasteiger partial charge on any atom is 0.406 e. The van der Waals surface area contributed by atoms with Crippen molar-refractivity contribution in [1.29, 1.82) is 0 Å². The standard InChI is InChI=1S/C10H12F3N3O4S/c1-15-5-7(4-14-15)21(19,20)16-3-2-9(6-16,8(17)18)10(11,12)13/h4-5H,2-3,6H2,1H3,(H,17,18). The second-order valence-electron chi connectivity index (χ2n) is 4.82. The molecule has 1 aliphatic heterocycles. The molecule has 1 unspecified atom stereocenters. The van der Waals surface area contributed by atoms with Gasteiger partial charge in [-0.15, -0.1) is 0 Å². The topological polar surface area (TPSA) is 92.5 Å². The van der Waals surface area contributed by atoms with E-state index in [9.17, 15) is 26.4 Å². The molecule has 0 bridgehead atoms. The Morgan fingerprint density at radius 1 is 1.48 bits per heavy atom. The van der Waals surface area contributed by atoms with Gasteiger partial charge in [-0.3, -0.25) is 9.48 Å². The van der Waals surface area contributed by atoms with E-state index in [1.807, 2.05) is 0 Å². The fourth-order valence-electron chi connectivity index (χ4n) is 2.19. The zero-order valence-electron chi connectivity index (χ0n) is 10.8. The lowest BCUT2D eigenvalue weighted by molar-refractivity contribution is -0.226. The largest absolute Gasteiger partial charge is 0.481 e. The van der Waals surface area contributed by atoms with Gasteiger partial charge in [-0.2, -0.15) is 22.6 Å². The highest BCUT2D eigenvalue weighted by atomic mass is 32.2. The molecular weight excluding hydrogens is 315 g/mol. The second-order valence-corrected chi connectivity index (χ2v) is 6.76. The Morgan fingerprint density at radius 3 is 2.48 bits per heavy atom. The minimum atomic E-state index is -5.03. The number of halogens is 3. The first-order chi connectivity index (χ1) is 9.50. The van der Waals surface area contributed by atoms with E-state index in [2.05, 4.69) is 5.10 Å². The number of hydrogen-bond donors (Lipinski definition) is 1. The van der Waals surface area contributed by atoms with E-state index < -0.39 is 47.1 Å². The van der Waals surface area contributed by atoms with Crippen LogP contribution in [-0.2, 0) is 21.9 Å². The van der Waals surface area contributed by atoms with Gasteiger partial charge < -0.3 is 5.11 Å². The van der Waals surface area contributed by atoms with E-state index in [-0.39, 0.29) is 4.90 Å². The Morgan fingerprint density at radius 2 is 2.10 bits per heavy atom. The second kappa shape index (κ2) is 4.70. The van der Waals surface area contributed by atoms with E-state index in [0.717, 1.165) is 12.4 Å². The molecule has 0 radical (unpaired) electrons. The molecule has 118 valence electrons. The molecule has 1 aromatic heterocycles. The molecule has 0 aromatic carbocycles. The van der Waals surface area contributed by atoms with Crippen LogP contribution >= 0.6 is 0 Å². The van der Waals surface area contributed by atoms with Crippen molar-refractivity contribution in [1.82, 2.24) is 14.1 Å². The molecule has 11 heteroatoms. The maximum absolute atomic E-state index is 13.0. The summed E-state index contributed by atoms with van der Waals surface area (Å²) in [6.07, 6.45) is -3.70. The summed E-state index contributed by atoms with van der Waals surface area (Å²) in [5.74, 6) is -2.07. The van der Waals surface area contributed by atoms with Crippen LogP contribution in [0.1, 0.15) is 6.42 Å². The van der Waals surface area contributed by atoms with Crippen molar-refractivity contribution < 1.29 is 31.5 Å². The van der Waals surface area contributed by atoms with Gasteiger partial charge in [0.2, 0.25) is 10.0 Å². The fraction of sp³-hybridized carbons (Fsp3) is 0.600. The summed E-state index contributed by atoms with van der Waals surface area (Å²) in [5.41, 5.74) is -3.07. The lowest BCUT2D eigenvalue weighted by Crippen LogP contribution is -2.47. The zero-order chi connectivity index (χ0) is 16.1. The highest BCUT2D eigenvalue weighted by Gasteiger charge is 2.65. The molecule has 0 amide bonds. The molecule has 0 spiro atoms. The Balaban J connectivity index is 2.36. The smallest absolute Gasteiger partial charge is 0.406 e. The number of aromatic nitrogens is 2. The average Bonchev–Trinajstić information content (AvgIpc) is 2.94. The van der Waals surface area contributed by atoms with E-state index in [4.69, 9.17) is 5.11 Å². The van der Waals surface area contributed by atoms with Gasteiger partial charge in [0.1, 0.15) is 4.90 Å². The summed E-state index contributed by atoms with van der Waals surface area (Å²) in [6.45, 7) is -1.65. The molecular formula is C10H12F3N3O4S. The van der Waals surface area contributed by atoms with E-state index >= 15 is 0 Å². The van der Waals surface area contributed by atoms with Crippen LogP contribution in [-0.4, -0.2) is 52.8 Å². The minimum Gasteiger partial charge on any atom is -0.481 e. The molecule has 1 aliphatic rings. The molecule has 1 fully saturated rings. The van der Waals surface area contributed by atoms with Gasteiger partial charge in [0.05, 0.1) is 6.20 Å². The molecule has 2 heterocycles.